The first-order chi connectivity index (χ1) is 8.58. The molecule has 1 aromatic carbocycles. The number of hydrogen-bond acceptors (Lipinski definition) is 2. The van der Waals surface area contributed by atoms with Gasteiger partial charge in [0.15, 0.2) is 0 Å². The second kappa shape index (κ2) is 5.00. The summed E-state index contributed by atoms with van der Waals surface area (Å²) >= 11 is 0. The van der Waals surface area contributed by atoms with Crippen LogP contribution in [0.1, 0.15) is 27.2 Å². The average molecular weight is 247 g/mol. The number of carbonyl (C=O) groups is 1. The van der Waals surface area contributed by atoms with E-state index in [4.69, 9.17) is 0 Å². The molecule has 4 nitrogen and oxygen atoms in total. The van der Waals surface area contributed by atoms with Crippen LogP contribution in [0.15, 0.2) is 24.4 Å². The van der Waals surface area contributed by atoms with Gasteiger partial charge in [-0.25, -0.2) is 4.39 Å². The molecule has 0 radical (unpaired) electrons. The highest BCUT2D eigenvalue weighted by Gasteiger charge is 2.12. The lowest BCUT2D eigenvalue weighted by Crippen LogP contribution is -2.24. The molecule has 5 heteroatoms. The molecule has 0 aliphatic heterocycles. The molecule has 0 saturated heterocycles. The number of amides is 1. The summed E-state index contributed by atoms with van der Waals surface area (Å²) < 4.78 is 13.5. The number of aromatic amines is 1. The van der Waals surface area contributed by atoms with Gasteiger partial charge in [-0.1, -0.05) is 11.6 Å². The SMILES string of the molecule is Cc1ccc(F)c(C(=O)NCc2cn[nH]c2C)c1. The predicted octanol–water partition coefficient (Wildman–Crippen LogP) is 2.10. The normalized spacial score (nSPS) is 10.4. The molecular formula is C13H14FN3O. The fourth-order valence-electron chi connectivity index (χ4n) is 1.64. The average Bonchev–Trinajstić information content (AvgIpc) is 2.75. The molecule has 2 aromatic rings. The van der Waals surface area contributed by atoms with Crippen molar-refractivity contribution in [2.45, 2.75) is 20.4 Å². The van der Waals surface area contributed by atoms with Crippen LogP contribution in [0.2, 0.25) is 0 Å². The predicted molar refractivity (Wildman–Crippen MR) is 65.6 cm³/mol. The molecule has 0 fully saturated rings. The minimum absolute atomic E-state index is 0.0659. The number of aryl methyl sites for hydroxylation is 2. The number of rotatable bonds is 3. The Kier molecular flexibility index (Phi) is 3.41. The van der Waals surface area contributed by atoms with E-state index < -0.39 is 11.7 Å². The van der Waals surface area contributed by atoms with Crippen molar-refractivity contribution in [3.8, 4) is 0 Å². The van der Waals surface area contributed by atoms with E-state index in [1.54, 1.807) is 12.3 Å². The zero-order chi connectivity index (χ0) is 13.1. The third kappa shape index (κ3) is 2.56. The van der Waals surface area contributed by atoms with Gasteiger partial charge in [0.05, 0.1) is 11.8 Å². The molecule has 1 aromatic heterocycles. The summed E-state index contributed by atoms with van der Waals surface area (Å²) in [7, 11) is 0. The van der Waals surface area contributed by atoms with Crippen LogP contribution < -0.4 is 5.32 Å². The smallest absolute Gasteiger partial charge is 0.254 e. The fraction of sp³-hybridized carbons (Fsp3) is 0.231. The van der Waals surface area contributed by atoms with Crippen molar-refractivity contribution < 1.29 is 9.18 Å². The van der Waals surface area contributed by atoms with Crippen LogP contribution in [-0.4, -0.2) is 16.1 Å². The quantitative estimate of drug-likeness (QED) is 0.872. The second-order valence-corrected chi connectivity index (χ2v) is 4.19. The van der Waals surface area contributed by atoms with E-state index in [-0.39, 0.29) is 5.56 Å². The van der Waals surface area contributed by atoms with Gasteiger partial charge < -0.3 is 5.32 Å². The fourth-order valence-corrected chi connectivity index (χ4v) is 1.64. The van der Waals surface area contributed by atoms with Gasteiger partial charge in [-0.15, -0.1) is 0 Å². The Balaban J connectivity index is 2.08. The van der Waals surface area contributed by atoms with E-state index in [1.165, 1.54) is 12.1 Å². The van der Waals surface area contributed by atoms with Gasteiger partial charge >= 0.3 is 0 Å². The van der Waals surface area contributed by atoms with Crippen LogP contribution in [0.5, 0.6) is 0 Å². The van der Waals surface area contributed by atoms with E-state index >= 15 is 0 Å². The maximum atomic E-state index is 13.5. The first kappa shape index (κ1) is 12.3. The first-order valence-corrected chi connectivity index (χ1v) is 5.61. The minimum Gasteiger partial charge on any atom is -0.348 e. The molecule has 2 rings (SSSR count). The Hall–Kier alpha value is -2.17. The number of aromatic nitrogens is 2. The Morgan fingerprint density at radius 2 is 2.22 bits per heavy atom. The van der Waals surface area contributed by atoms with E-state index in [0.29, 0.717) is 6.54 Å². The summed E-state index contributed by atoms with van der Waals surface area (Å²) in [6, 6.07) is 4.46. The molecule has 18 heavy (non-hydrogen) atoms. The highest BCUT2D eigenvalue weighted by molar-refractivity contribution is 5.94. The Labute approximate surface area is 104 Å². The van der Waals surface area contributed by atoms with Crippen LogP contribution in [0.25, 0.3) is 0 Å². The highest BCUT2D eigenvalue weighted by atomic mass is 19.1. The third-order valence-corrected chi connectivity index (χ3v) is 2.74. The van der Waals surface area contributed by atoms with Gasteiger partial charge in [0.1, 0.15) is 5.82 Å². The number of halogens is 1. The molecule has 0 bridgehead atoms. The molecule has 0 spiro atoms. The van der Waals surface area contributed by atoms with Crippen molar-refractivity contribution in [1.82, 2.24) is 15.5 Å². The molecule has 0 unspecified atom stereocenters. The zero-order valence-corrected chi connectivity index (χ0v) is 10.2. The standard InChI is InChI=1S/C13H14FN3O/c1-8-3-4-12(14)11(5-8)13(18)15-6-10-7-16-17-9(10)2/h3-5,7H,6H2,1-2H3,(H,15,18)(H,16,17). The summed E-state index contributed by atoms with van der Waals surface area (Å²) in [5.74, 6) is -0.932. The first-order valence-electron chi connectivity index (χ1n) is 5.61. The van der Waals surface area contributed by atoms with Gasteiger partial charge in [-0.2, -0.15) is 5.10 Å². The van der Waals surface area contributed by atoms with Crippen LogP contribution in [0.4, 0.5) is 4.39 Å². The summed E-state index contributed by atoms with van der Waals surface area (Å²) in [4.78, 5) is 11.8. The van der Waals surface area contributed by atoms with Crippen LogP contribution in [0, 0.1) is 19.7 Å². The van der Waals surface area contributed by atoms with Crippen molar-refractivity contribution in [3.05, 3.63) is 52.6 Å². The number of carbonyl (C=O) groups excluding carboxylic acids is 1. The number of nitrogens with zero attached hydrogens (tertiary/aromatic N) is 1. The van der Waals surface area contributed by atoms with Gasteiger partial charge in [-0.05, 0) is 26.0 Å². The summed E-state index contributed by atoms with van der Waals surface area (Å²) in [5.41, 5.74) is 2.69. The Morgan fingerprint density at radius 3 is 2.89 bits per heavy atom. The van der Waals surface area contributed by atoms with Crippen molar-refractivity contribution in [3.63, 3.8) is 0 Å². The lowest BCUT2D eigenvalue weighted by molar-refractivity contribution is 0.0947. The summed E-state index contributed by atoms with van der Waals surface area (Å²) in [5, 5.41) is 9.30. The number of hydrogen-bond donors (Lipinski definition) is 2. The summed E-state index contributed by atoms with van der Waals surface area (Å²) in [6.07, 6.45) is 1.64. The Morgan fingerprint density at radius 1 is 1.44 bits per heavy atom. The second-order valence-electron chi connectivity index (χ2n) is 4.19. The molecule has 0 atom stereocenters. The van der Waals surface area contributed by atoms with Crippen LogP contribution in [-0.2, 0) is 6.54 Å². The largest absolute Gasteiger partial charge is 0.348 e. The van der Waals surface area contributed by atoms with E-state index in [9.17, 15) is 9.18 Å². The van der Waals surface area contributed by atoms with Crippen LogP contribution in [0.3, 0.4) is 0 Å². The molecule has 0 aliphatic rings. The van der Waals surface area contributed by atoms with Gasteiger partial charge in [0, 0.05) is 17.8 Å². The molecule has 2 N–H and O–H groups in total. The van der Waals surface area contributed by atoms with Gasteiger partial charge in [0.2, 0.25) is 0 Å². The maximum absolute atomic E-state index is 13.5. The van der Waals surface area contributed by atoms with E-state index in [0.717, 1.165) is 16.8 Å². The molecular weight excluding hydrogens is 233 g/mol. The minimum atomic E-state index is -0.512. The molecule has 94 valence electrons. The molecule has 1 amide bonds. The van der Waals surface area contributed by atoms with Crippen molar-refractivity contribution in [2.75, 3.05) is 0 Å². The monoisotopic (exact) mass is 247 g/mol. The molecule has 0 aliphatic carbocycles. The van der Waals surface area contributed by atoms with Gasteiger partial charge in [-0.3, -0.25) is 9.89 Å². The van der Waals surface area contributed by atoms with Crippen LogP contribution >= 0.6 is 0 Å². The molecule has 0 saturated carbocycles. The number of benzene rings is 1. The Bertz CT molecular complexity index is 577. The van der Waals surface area contributed by atoms with Crippen molar-refractivity contribution in [1.29, 1.82) is 0 Å². The molecule has 1 heterocycles. The van der Waals surface area contributed by atoms with E-state index in [1.807, 2.05) is 13.8 Å². The summed E-state index contributed by atoms with van der Waals surface area (Å²) in [6.45, 7) is 4.01. The van der Waals surface area contributed by atoms with Gasteiger partial charge in [0.25, 0.3) is 5.91 Å². The lowest BCUT2D eigenvalue weighted by Gasteiger charge is -2.06. The highest BCUT2D eigenvalue weighted by Crippen LogP contribution is 2.10. The van der Waals surface area contributed by atoms with E-state index in [2.05, 4.69) is 15.5 Å². The van der Waals surface area contributed by atoms with Crippen molar-refractivity contribution >= 4 is 5.91 Å². The number of H-pyrrole nitrogens is 1. The number of nitrogens with one attached hydrogen (secondary N) is 2. The zero-order valence-electron chi connectivity index (χ0n) is 10.2. The lowest BCUT2D eigenvalue weighted by atomic mass is 10.1. The topological polar surface area (TPSA) is 57.8 Å². The van der Waals surface area contributed by atoms with Crippen molar-refractivity contribution in [2.24, 2.45) is 0 Å². The maximum Gasteiger partial charge on any atom is 0.254 e. The third-order valence-electron chi connectivity index (χ3n) is 2.74.